The van der Waals surface area contributed by atoms with Crippen LogP contribution in [0, 0.1) is 0 Å². The molecule has 0 bridgehead atoms. The summed E-state index contributed by atoms with van der Waals surface area (Å²) >= 11 is 0. The molecule has 6 heteroatoms. The predicted octanol–water partition coefficient (Wildman–Crippen LogP) is 3.25. The van der Waals surface area contributed by atoms with E-state index in [2.05, 4.69) is 10.6 Å². The van der Waals surface area contributed by atoms with Crippen molar-refractivity contribution in [2.24, 2.45) is 0 Å². The Bertz CT molecular complexity index is 855. The van der Waals surface area contributed by atoms with Crippen LogP contribution in [-0.2, 0) is 4.79 Å². The van der Waals surface area contributed by atoms with E-state index in [0.29, 0.717) is 28.8 Å². The predicted molar refractivity (Wildman–Crippen MR) is 104 cm³/mol. The fraction of sp³-hybridized carbons (Fsp3) is 0.238. The van der Waals surface area contributed by atoms with Gasteiger partial charge in [0.2, 0.25) is 5.91 Å². The summed E-state index contributed by atoms with van der Waals surface area (Å²) < 4.78 is 10.4. The van der Waals surface area contributed by atoms with E-state index in [1.54, 1.807) is 43.5 Å². The van der Waals surface area contributed by atoms with Gasteiger partial charge in [-0.3, -0.25) is 9.59 Å². The third-order valence-corrected chi connectivity index (χ3v) is 4.16. The number of methoxy groups -OCH3 is 2. The van der Waals surface area contributed by atoms with Crippen LogP contribution in [0.1, 0.15) is 28.8 Å². The fourth-order valence-corrected chi connectivity index (χ4v) is 2.51. The molecule has 0 spiro atoms. The van der Waals surface area contributed by atoms with E-state index in [9.17, 15) is 9.59 Å². The average molecular weight is 366 g/mol. The number of anilines is 1. The molecule has 2 aromatic rings. The average Bonchev–Trinajstić information content (AvgIpc) is 3.50. The number of benzene rings is 2. The van der Waals surface area contributed by atoms with Gasteiger partial charge in [-0.05, 0) is 48.7 Å². The standard InChI is InChI=1S/C21H22N2O4/c1-26-18-11-10-17(13-19(18)27-2)22-20(24)12-5-14-3-6-15(7-4-14)21(25)23-16-8-9-16/h3-7,10-13,16H,8-9H2,1-2H3,(H,22,24)(H,23,25)/b12-5+. The fourth-order valence-electron chi connectivity index (χ4n) is 2.51. The van der Waals surface area contributed by atoms with Crippen molar-refractivity contribution in [3.05, 3.63) is 59.7 Å². The van der Waals surface area contributed by atoms with Gasteiger partial charge in [0.1, 0.15) is 0 Å². The molecule has 2 aromatic carbocycles. The molecule has 2 N–H and O–H groups in total. The minimum atomic E-state index is -0.266. The molecule has 1 aliphatic rings. The van der Waals surface area contributed by atoms with Gasteiger partial charge in [0, 0.05) is 29.4 Å². The lowest BCUT2D eigenvalue weighted by Crippen LogP contribution is -2.25. The Kier molecular flexibility index (Phi) is 5.76. The van der Waals surface area contributed by atoms with Crippen LogP contribution in [0.2, 0.25) is 0 Å². The zero-order chi connectivity index (χ0) is 19.2. The van der Waals surface area contributed by atoms with Crippen molar-refractivity contribution in [2.75, 3.05) is 19.5 Å². The van der Waals surface area contributed by atoms with E-state index in [4.69, 9.17) is 9.47 Å². The second kappa shape index (κ2) is 8.40. The van der Waals surface area contributed by atoms with Gasteiger partial charge in [0.05, 0.1) is 14.2 Å². The summed E-state index contributed by atoms with van der Waals surface area (Å²) in [5.74, 6) is 0.813. The summed E-state index contributed by atoms with van der Waals surface area (Å²) in [4.78, 5) is 24.1. The number of hydrogen-bond donors (Lipinski definition) is 2. The first-order valence-corrected chi connectivity index (χ1v) is 8.71. The lowest BCUT2D eigenvalue weighted by molar-refractivity contribution is -0.111. The molecular formula is C21H22N2O4. The molecule has 6 nitrogen and oxygen atoms in total. The quantitative estimate of drug-likeness (QED) is 0.738. The first-order chi connectivity index (χ1) is 13.1. The van der Waals surface area contributed by atoms with Gasteiger partial charge in [0.15, 0.2) is 11.5 Å². The Morgan fingerprint density at radius 3 is 2.33 bits per heavy atom. The van der Waals surface area contributed by atoms with Crippen molar-refractivity contribution in [2.45, 2.75) is 18.9 Å². The highest BCUT2D eigenvalue weighted by atomic mass is 16.5. The summed E-state index contributed by atoms with van der Waals surface area (Å²) in [5.41, 5.74) is 2.06. The molecule has 2 amide bonds. The highest BCUT2D eigenvalue weighted by Gasteiger charge is 2.23. The molecule has 0 aliphatic heterocycles. The topological polar surface area (TPSA) is 76.7 Å². The Morgan fingerprint density at radius 1 is 1.00 bits per heavy atom. The summed E-state index contributed by atoms with van der Waals surface area (Å²) in [7, 11) is 3.09. The van der Waals surface area contributed by atoms with Crippen molar-refractivity contribution < 1.29 is 19.1 Å². The van der Waals surface area contributed by atoms with E-state index in [0.717, 1.165) is 18.4 Å². The maximum Gasteiger partial charge on any atom is 0.251 e. The first kappa shape index (κ1) is 18.5. The Balaban J connectivity index is 1.58. The minimum Gasteiger partial charge on any atom is -0.493 e. The SMILES string of the molecule is COc1ccc(NC(=O)/C=C/c2ccc(C(=O)NC3CC3)cc2)cc1OC. The van der Waals surface area contributed by atoms with Crippen LogP contribution in [0.25, 0.3) is 6.08 Å². The highest BCUT2D eigenvalue weighted by Crippen LogP contribution is 2.29. The Hall–Kier alpha value is -3.28. The summed E-state index contributed by atoms with van der Waals surface area (Å²) in [5, 5.41) is 5.72. The molecule has 0 atom stereocenters. The molecule has 0 heterocycles. The zero-order valence-electron chi connectivity index (χ0n) is 15.3. The van der Waals surface area contributed by atoms with Gasteiger partial charge in [-0.25, -0.2) is 0 Å². The number of carbonyl (C=O) groups is 2. The Labute approximate surface area is 158 Å². The lowest BCUT2D eigenvalue weighted by Gasteiger charge is -2.09. The van der Waals surface area contributed by atoms with E-state index >= 15 is 0 Å². The van der Waals surface area contributed by atoms with E-state index in [1.807, 2.05) is 12.1 Å². The van der Waals surface area contributed by atoms with Gasteiger partial charge in [0.25, 0.3) is 5.91 Å². The monoisotopic (exact) mass is 366 g/mol. The molecule has 140 valence electrons. The van der Waals surface area contributed by atoms with Gasteiger partial charge in [-0.2, -0.15) is 0 Å². The molecule has 1 saturated carbocycles. The third-order valence-electron chi connectivity index (χ3n) is 4.16. The van der Waals surface area contributed by atoms with Gasteiger partial charge in [-0.15, -0.1) is 0 Å². The Morgan fingerprint density at radius 2 is 1.70 bits per heavy atom. The second-order valence-corrected chi connectivity index (χ2v) is 6.26. The summed E-state index contributed by atoms with van der Waals surface area (Å²) in [6.45, 7) is 0. The van der Waals surface area contributed by atoms with Crippen LogP contribution in [0.4, 0.5) is 5.69 Å². The van der Waals surface area contributed by atoms with E-state index in [1.165, 1.54) is 13.2 Å². The van der Waals surface area contributed by atoms with Crippen LogP contribution in [-0.4, -0.2) is 32.1 Å². The van der Waals surface area contributed by atoms with Crippen molar-refractivity contribution in [1.29, 1.82) is 0 Å². The first-order valence-electron chi connectivity index (χ1n) is 8.71. The third kappa shape index (κ3) is 5.10. The summed E-state index contributed by atoms with van der Waals surface area (Å²) in [6.07, 6.45) is 5.25. The number of nitrogens with one attached hydrogen (secondary N) is 2. The molecule has 3 rings (SSSR count). The smallest absolute Gasteiger partial charge is 0.251 e. The molecule has 27 heavy (non-hydrogen) atoms. The number of carbonyl (C=O) groups excluding carboxylic acids is 2. The van der Waals surface area contributed by atoms with Crippen LogP contribution in [0.5, 0.6) is 11.5 Å². The molecule has 0 aromatic heterocycles. The minimum absolute atomic E-state index is 0.0563. The molecule has 1 aliphatic carbocycles. The molecule has 0 unspecified atom stereocenters. The molecular weight excluding hydrogens is 344 g/mol. The van der Waals surface area contributed by atoms with Gasteiger partial charge < -0.3 is 20.1 Å². The lowest BCUT2D eigenvalue weighted by atomic mass is 10.1. The van der Waals surface area contributed by atoms with E-state index < -0.39 is 0 Å². The van der Waals surface area contributed by atoms with Crippen molar-refractivity contribution >= 4 is 23.6 Å². The van der Waals surface area contributed by atoms with Crippen molar-refractivity contribution in [3.8, 4) is 11.5 Å². The summed E-state index contributed by atoms with van der Waals surface area (Å²) in [6, 6.07) is 12.6. The molecule has 0 saturated heterocycles. The largest absolute Gasteiger partial charge is 0.493 e. The maximum atomic E-state index is 12.1. The van der Waals surface area contributed by atoms with Crippen molar-refractivity contribution in [1.82, 2.24) is 5.32 Å². The van der Waals surface area contributed by atoms with Crippen molar-refractivity contribution in [3.63, 3.8) is 0 Å². The number of rotatable bonds is 7. The highest BCUT2D eigenvalue weighted by molar-refractivity contribution is 6.02. The maximum absolute atomic E-state index is 12.1. The molecule has 1 fully saturated rings. The van der Waals surface area contributed by atoms with Gasteiger partial charge >= 0.3 is 0 Å². The van der Waals surface area contributed by atoms with Gasteiger partial charge in [-0.1, -0.05) is 12.1 Å². The second-order valence-electron chi connectivity index (χ2n) is 6.26. The zero-order valence-corrected chi connectivity index (χ0v) is 15.3. The van der Waals surface area contributed by atoms with Crippen LogP contribution in [0.3, 0.4) is 0 Å². The number of amides is 2. The van der Waals surface area contributed by atoms with Crippen LogP contribution >= 0.6 is 0 Å². The number of ether oxygens (including phenoxy) is 2. The number of hydrogen-bond acceptors (Lipinski definition) is 4. The normalized spacial score (nSPS) is 13.3. The molecule has 0 radical (unpaired) electrons. The van der Waals surface area contributed by atoms with Crippen LogP contribution in [0.15, 0.2) is 48.5 Å². The van der Waals surface area contributed by atoms with E-state index in [-0.39, 0.29) is 11.8 Å². The van der Waals surface area contributed by atoms with Crippen LogP contribution < -0.4 is 20.1 Å².